The topological polar surface area (TPSA) is 71.1 Å². The van der Waals surface area contributed by atoms with Crippen LogP contribution >= 0.6 is 0 Å². The van der Waals surface area contributed by atoms with Gasteiger partial charge in [-0.2, -0.15) is 0 Å². The van der Waals surface area contributed by atoms with Crippen LogP contribution in [0.3, 0.4) is 0 Å². The molecule has 40 heavy (non-hydrogen) atoms. The average molecular weight is 553 g/mol. The SMILES string of the molecule is C=C(C)C(=O)OC(CCCCC)COc1cc(CC)c(OCC(CCCCC)OC(=O)C(=C)C)c2ccccc12. The Morgan fingerprint density at radius 2 is 1.25 bits per heavy atom. The molecule has 0 aliphatic rings. The van der Waals surface area contributed by atoms with Crippen molar-refractivity contribution in [2.75, 3.05) is 13.2 Å². The monoisotopic (exact) mass is 552 g/mol. The molecule has 0 amide bonds. The van der Waals surface area contributed by atoms with Crippen molar-refractivity contribution >= 4 is 22.7 Å². The molecule has 0 saturated heterocycles. The van der Waals surface area contributed by atoms with Gasteiger partial charge in [-0.15, -0.1) is 0 Å². The van der Waals surface area contributed by atoms with Crippen molar-refractivity contribution in [2.24, 2.45) is 0 Å². The maximum absolute atomic E-state index is 12.3. The van der Waals surface area contributed by atoms with Gasteiger partial charge in [0, 0.05) is 21.9 Å². The van der Waals surface area contributed by atoms with Crippen LogP contribution in [0.2, 0.25) is 0 Å². The summed E-state index contributed by atoms with van der Waals surface area (Å²) in [6, 6.07) is 9.96. The number of hydrogen-bond acceptors (Lipinski definition) is 6. The van der Waals surface area contributed by atoms with Crippen molar-refractivity contribution in [1.82, 2.24) is 0 Å². The first kappa shape index (κ1) is 32.9. The lowest BCUT2D eigenvalue weighted by atomic mass is 10.0. The second kappa shape index (κ2) is 17.4. The maximum Gasteiger partial charge on any atom is 0.333 e. The van der Waals surface area contributed by atoms with Crippen LogP contribution in [0.5, 0.6) is 11.5 Å². The summed E-state index contributed by atoms with van der Waals surface area (Å²) in [7, 11) is 0. The molecule has 2 aromatic rings. The number of carbonyl (C=O) groups is 2. The second-order valence-corrected chi connectivity index (χ2v) is 10.5. The molecule has 0 spiro atoms. The summed E-state index contributed by atoms with van der Waals surface area (Å²) in [5, 5.41) is 1.84. The van der Waals surface area contributed by atoms with Gasteiger partial charge in [0.2, 0.25) is 0 Å². The van der Waals surface area contributed by atoms with Crippen molar-refractivity contribution in [2.45, 2.75) is 105 Å². The van der Waals surface area contributed by atoms with Crippen molar-refractivity contribution in [3.05, 3.63) is 60.2 Å². The molecule has 0 aliphatic carbocycles. The Kier molecular flexibility index (Phi) is 14.3. The largest absolute Gasteiger partial charge is 0.489 e. The van der Waals surface area contributed by atoms with Crippen molar-refractivity contribution in [3.8, 4) is 11.5 Å². The van der Waals surface area contributed by atoms with E-state index in [-0.39, 0.29) is 25.4 Å². The summed E-state index contributed by atoms with van der Waals surface area (Å²) in [5.41, 5.74) is 1.75. The Morgan fingerprint density at radius 3 is 1.73 bits per heavy atom. The number of esters is 2. The number of carbonyl (C=O) groups excluding carboxylic acids is 2. The van der Waals surface area contributed by atoms with E-state index in [4.69, 9.17) is 18.9 Å². The molecule has 0 aliphatic heterocycles. The molecule has 0 radical (unpaired) electrons. The average Bonchev–Trinajstić information content (AvgIpc) is 2.94. The molecule has 6 nitrogen and oxygen atoms in total. The molecule has 2 unspecified atom stereocenters. The molecule has 220 valence electrons. The van der Waals surface area contributed by atoms with Gasteiger partial charge >= 0.3 is 11.9 Å². The van der Waals surface area contributed by atoms with Gasteiger partial charge in [-0.05, 0) is 57.6 Å². The standard InChI is InChI=1S/C34H48O6/c1-8-11-13-17-27(39-33(35)24(4)5)22-37-31-21-26(10-3)32(30-20-16-15-19-29(30)31)38-23-28(18-14-12-9-2)40-34(36)25(6)7/h15-16,19-21,27-28H,4,6,8-14,17-18,22-23H2,1-3,5,7H3. The van der Waals surface area contributed by atoms with Gasteiger partial charge in [0.15, 0.2) is 0 Å². The number of unbranched alkanes of at least 4 members (excludes halogenated alkanes) is 4. The normalized spacial score (nSPS) is 12.4. The fourth-order valence-corrected chi connectivity index (χ4v) is 4.38. The van der Waals surface area contributed by atoms with E-state index >= 15 is 0 Å². The molecule has 0 bridgehead atoms. The quantitative estimate of drug-likeness (QED) is 0.0992. The molecule has 2 atom stereocenters. The summed E-state index contributed by atoms with van der Waals surface area (Å²) < 4.78 is 24.1. The van der Waals surface area contributed by atoms with Crippen LogP contribution in [0.1, 0.15) is 91.5 Å². The molecule has 6 heteroatoms. The van der Waals surface area contributed by atoms with Crippen LogP contribution in [0, 0.1) is 0 Å². The maximum atomic E-state index is 12.3. The zero-order valence-corrected chi connectivity index (χ0v) is 25.2. The number of hydrogen-bond donors (Lipinski definition) is 0. The molecular weight excluding hydrogens is 504 g/mol. The van der Waals surface area contributed by atoms with E-state index in [0.29, 0.717) is 11.1 Å². The number of rotatable bonds is 19. The highest BCUT2D eigenvalue weighted by Crippen LogP contribution is 2.37. The van der Waals surface area contributed by atoms with Crippen LogP contribution in [0.4, 0.5) is 0 Å². The van der Waals surface area contributed by atoms with Gasteiger partial charge < -0.3 is 18.9 Å². The molecule has 0 aromatic heterocycles. The van der Waals surface area contributed by atoms with Crippen LogP contribution < -0.4 is 9.47 Å². The van der Waals surface area contributed by atoms with Gasteiger partial charge in [-0.25, -0.2) is 9.59 Å². The predicted molar refractivity (Wildman–Crippen MR) is 162 cm³/mol. The first-order valence-electron chi connectivity index (χ1n) is 14.7. The Morgan fingerprint density at radius 1 is 0.750 bits per heavy atom. The van der Waals surface area contributed by atoms with Crippen LogP contribution in [-0.2, 0) is 25.5 Å². The van der Waals surface area contributed by atoms with E-state index in [2.05, 4.69) is 33.9 Å². The molecule has 0 saturated carbocycles. The van der Waals surface area contributed by atoms with Crippen molar-refractivity contribution in [1.29, 1.82) is 0 Å². The number of ether oxygens (including phenoxy) is 4. The fraction of sp³-hybridized carbons (Fsp3) is 0.529. The lowest BCUT2D eigenvalue weighted by molar-refractivity contribution is -0.147. The van der Waals surface area contributed by atoms with Crippen molar-refractivity contribution in [3.63, 3.8) is 0 Å². The first-order valence-corrected chi connectivity index (χ1v) is 14.7. The minimum absolute atomic E-state index is 0.256. The summed E-state index contributed by atoms with van der Waals surface area (Å²) in [6.07, 6.45) is 7.69. The second-order valence-electron chi connectivity index (χ2n) is 10.5. The highest BCUT2D eigenvalue weighted by Gasteiger charge is 2.21. The molecule has 0 heterocycles. The predicted octanol–water partition coefficient (Wildman–Crippen LogP) is 8.30. The summed E-state index contributed by atoms with van der Waals surface area (Å²) >= 11 is 0. The third-order valence-corrected chi connectivity index (χ3v) is 6.76. The Bertz CT molecular complexity index is 1130. The van der Waals surface area contributed by atoms with E-state index in [1.54, 1.807) is 13.8 Å². The zero-order chi connectivity index (χ0) is 29.5. The van der Waals surface area contributed by atoms with Gasteiger partial charge in [-0.1, -0.05) is 83.9 Å². The summed E-state index contributed by atoms with van der Waals surface area (Å²) in [5.74, 6) is 0.703. The molecule has 0 N–H and O–H groups in total. The van der Waals surface area contributed by atoms with Gasteiger partial charge in [0.25, 0.3) is 0 Å². The molecule has 2 aromatic carbocycles. The minimum atomic E-state index is -0.395. The van der Waals surface area contributed by atoms with Crippen LogP contribution in [0.15, 0.2) is 54.6 Å². The third-order valence-electron chi connectivity index (χ3n) is 6.76. The van der Waals surface area contributed by atoms with E-state index in [1.165, 1.54) is 0 Å². The summed E-state index contributed by atoms with van der Waals surface area (Å²) in [4.78, 5) is 24.5. The smallest absolute Gasteiger partial charge is 0.333 e. The third kappa shape index (κ3) is 10.4. The van der Waals surface area contributed by atoms with Crippen LogP contribution in [0.25, 0.3) is 10.8 Å². The molecular formula is C34H48O6. The minimum Gasteiger partial charge on any atom is -0.489 e. The van der Waals surface area contributed by atoms with E-state index in [0.717, 1.165) is 85.6 Å². The summed E-state index contributed by atoms with van der Waals surface area (Å²) in [6.45, 7) is 17.6. The number of benzene rings is 2. The van der Waals surface area contributed by atoms with Gasteiger partial charge in [0.05, 0.1) is 0 Å². The van der Waals surface area contributed by atoms with Crippen molar-refractivity contribution < 1.29 is 28.5 Å². The first-order chi connectivity index (χ1) is 19.2. The number of fused-ring (bicyclic) bond motifs is 1. The Hall–Kier alpha value is -3.28. The van der Waals surface area contributed by atoms with Gasteiger partial charge in [-0.3, -0.25) is 0 Å². The van der Waals surface area contributed by atoms with E-state index in [9.17, 15) is 9.59 Å². The lowest BCUT2D eigenvalue weighted by Gasteiger charge is -2.23. The Balaban J connectivity index is 2.29. The Labute approximate surface area is 240 Å². The zero-order valence-electron chi connectivity index (χ0n) is 25.2. The molecule has 2 rings (SSSR count). The van der Waals surface area contributed by atoms with Gasteiger partial charge in [0.1, 0.15) is 36.9 Å². The highest BCUT2D eigenvalue weighted by molar-refractivity contribution is 5.94. The number of aryl methyl sites for hydroxylation is 1. The lowest BCUT2D eigenvalue weighted by Crippen LogP contribution is -2.26. The highest BCUT2D eigenvalue weighted by atomic mass is 16.6. The molecule has 0 fully saturated rings. The van der Waals surface area contributed by atoms with E-state index < -0.39 is 11.9 Å². The fourth-order valence-electron chi connectivity index (χ4n) is 4.38. The van der Waals surface area contributed by atoms with Crippen LogP contribution in [-0.4, -0.2) is 37.4 Å². The van der Waals surface area contributed by atoms with E-state index in [1.807, 2.05) is 30.3 Å².